The fourth-order valence-electron chi connectivity index (χ4n) is 2.89. The minimum Gasteiger partial charge on any atom is -0.354 e. The maximum atomic E-state index is 12.2. The van der Waals surface area contributed by atoms with Crippen molar-refractivity contribution >= 4 is 11.8 Å². The molecule has 1 aliphatic heterocycles. The third-order valence-corrected chi connectivity index (χ3v) is 4.14. The molecule has 0 spiro atoms. The van der Waals surface area contributed by atoms with Crippen molar-refractivity contribution in [3.8, 4) is 0 Å². The van der Waals surface area contributed by atoms with Crippen molar-refractivity contribution in [3.63, 3.8) is 0 Å². The molecule has 0 saturated heterocycles. The summed E-state index contributed by atoms with van der Waals surface area (Å²) >= 11 is 0. The van der Waals surface area contributed by atoms with Gasteiger partial charge >= 0.3 is 0 Å². The number of rotatable bonds is 6. The van der Waals surface area contributed by atoms with Crippen LogP contribution in [0.2, 0.25) is 0 Å². The highest BCUT2D eigenvalue weighted by Crippen LogP contribution is 2.14. The number of carbonyl (C=O) groups excluding carboxylic acids is 2. The third-order valence-electron chi connectivity index (χ3n) is 4.14. The van der Waals surface area contributed by atoms with Crippen LogP contribution in [-0.2, 0) is 29.0 Å². The number of nitrogens with zero attached hydrogens (tertiary/aromatic N) is 3. The van der Waals surface area contributed by atoms with Crippen molar-refractivity contribution in [2.45, 2.75) is 65.5 Å². The van der Waals surface area contributed by atoms with E-state index in [1.54, 1.807) is 0 Å². The Morgan fingerprint density at radius 2 is 2.00 bits per heavy atom. The van der Waals surface area contributed by atoms with E-state index >= 15 is 0 Å². The van der Waals surface area contributed by atoms with Gasteiger partial charge in [-0.3, -0.25) is 9.59 Å². The van der Waals surface area contributed by atoms with Gasteiger partial charge in [-0.1, -0.05) is 20.3 Å². The summed E-state index contributed by atoms with van der Waals surface area (Å²) in [6.45, 7) is 6.72. The van der Waals surface area contributed by atoms with Gasteiger partial charge in [0.2, 0.25) is 11.8 Å². The van der Waals surface area contributed by atoms with E-state index < -0.39 is 6.04 Å². The van der Waals surface area contributed by atoms with E-state index in [1.807, 2.05) is 13.8 Å². The van der Waals surface area contributed by atoms with Gasteiger partial charge in [-0.05, 0) is 18.8 Å². The molecule has 2 rings (SSSR count). The predicted molar refractivity (Wildman–Crippen MR) is 86.7 cm³/mol. The Labute approximate surface area is 137 Å². The number of aromatic nitrogens is 3. The van der Waals surface area contributed by atoms with E-state index in [0.717, 1.165) is 31.0 Å². The van der Waals surface area contributed by atoms with Crippen molar-refractivity contribution in [2.24, 2.45) is 5.92 Å². The quantitative estimate of drug-likeness (QED) is 0.812. The molecule has 0 aliphatic carbocycles. The van der Waals surface area contributed by atoms with Gasteiger partial charge in [-0.15, -0.1) is 10.2 Å². The number of fused-ring (bicyclic) bond motifs is 1. The first-order chi connectivity index (χ1) is 11.0. The number of amides is 2. The second-order valence-corrected chi connectivity index (χ2v) is 6.46. The number of nitrogens with one attached hydrogen (secondary N) is 2. The molecule has 1 aliphatic rings. The van der Waals surface area contributed by atoms with Crippen LogP contribution in [0.5, 0.6) is 0 Å². The van der Waals surface area contributed by atoms with Crippen LogP contribution < -0.4 is 10.6 Å². The zero-order chi connectivity index (χ0) is 16.8. The number of hydrogen-bond donors (Lipinski definition) is 2. The summed E-state index contributed by atoms with van der Waals surface area (Å²) < 4.78 is 2.19. The van der Waals surface area contributed by atoms with Crippen LogP contribution in [0.25, 0.3) is 0 Å². The first kappa shape index (κ1) is 17.4. The standard InChI is InChI=1S/C16H27N5O2/c1-11(2)15(18-12(3)22)16(23)17-9-8-14-20-19-13-7-5-4-6-10-21(13)14/h11,15H,4-10H2,1-3H3,(H,17,23)(H,18,22). The van der Waals surface area contributed by atoms with Crippen LogP contribution in [0.1, 0.15) is 51.7 Å². The molecule has 128 valence electrons. The van der Waals surface area contributed by atoms with E-state index in [-0.39, 0.29) is 17.7 Å². The smallest absolute Gasteiger partial charge is 0.242 e. The highest BCUT2D eigenvalue weighted by molar-refractivity contribution is 5.86. The average molecular weight is 321 g/mol. The number of aryl methyl sites for hydroxylation is 1. The SMILES string of the molecule is CC(=O)NC(C(=O)NCCc1nnc2n1CCCCC2)C(C)C. The van der Waals surface area contributed by atoms with Crippen LogP contribution in [0, 0.1) is 5.92 Å². The topological polar surface area (TPSA) is 88.9 Å². The van der Waals surface area contributed by atoms with Crippen LogP contribution in [0.15, 0.2) is 0 Å². The highest BCUT2D eigenvalue weighted by Gasteiger charge is 2.22. The molecule has 0 fully saturated rings. The number of carbonyl (C=O) groups is 2. The van der Waals surface area contributed by atoms with E-state index in [1.165, 1.54) is 19.8 Å². The predicted octanol–water partition coefficient (Wildman–Crippen LogP) is 0.824. The van der Waals surface area contributed by atoms with Crippen molar-refractivity contribution in [1.82, 2.24) is 25.4 Å². The summed E-state index contributed by atoms with van der Waals surface area (Å²) in [5.41, 5.74) is 0. The van der Waals surface area contributed by atoms with Crippen LogP contribution in [-0.4, -0.2) is 39.2 Å². The fraction of sp³-hybridized carbons (Fsp3) is 0.750. The molecule has 0 bridgehead atoms. The first-order valence-corrected chi connectivity index (χ1v) is 8.44. The molecule has 2 N–H and O–H groups in total. The lowest BCUT2D eigenvalue weighted by Gasteiger charge is -2.20. The Bertz CT molecular complexity index is 553. The van der Waals surface area contributed by atoms with Gasteiger partial charge in [-0.2, -0.15) is 0 Å². The third kappa shape index (κ3) is 4.77. The van der Waals surface area contributed by atoms with Crippen LogP contribution >= 0.6 is 0 Å². The van der Waals surface area contributed by atoms with Gasteiger partial charge in [0.15, 0.2) is 0 Å². The summed E-state index contributed by atoms with van der Waals surface area (Å²) in [5.74, 6) is 1.70. The number of hydrogen-bond acceptors (Lipinski definition) is 4. The lowest BCUT2D eigenvalue weighted by atomic mass is 10.0. The molecule has 0 saturated carbocycles. The lowest BCUT2D eigenvalue weighted by molar-refractivity contribution is -0.129. The van der Waals surface area contributed by atoms with E-state index in [9.17, 15) is 9.59 Å². The second-order valence-electron chi connectivity index (χ2n) is 6.46. The molecule has 1 aromatic rings. The van der Waals surface area contributed by atoms with Crippen LogP contribution in [0.3, 0.4) is 0 Å². The Hall–Kier alpha value is -1.92. The molecule has 1 atom stereocenters. The summed E-state index contributed by atoms with van der Waals surface area (Å²) in [5, 5.41) is 14.1. The molecule has 1 unspecified atom stereocenters. The van der Waals surface area contributed by atoms with Gasteiger partial charge in [0.05, 0.1) is 0 Å². The zero-order valence-electron chi connectivity index (χ0n) is 14.3. The molecule has 7 nitrogen and oxygen atoms in total. The van der Waals surface area contributed by atoms with E-state index in [4.69, 9.17) is 0 Å². The van der Waals surface area contributed by atoms with Crippen molar-refractivity contribution in [2.75, 3.05) is 6.54 Å². The minimum atomic E-state index is -0.497. The van der Waals surface area contributed by atoms with Gasteiger partial charge in [0, 0.05) is 32.9 Å². The maximum absolute atomic E-state index is 12.2. The van der Waals surface area contributed by atoms with E-state index in [0.29, 0.717) is 13.0 Å². The van der Waals surface area contributed by atoms with Crippen molar-refractivity contribution < 1.29 is 9.59 Å². The van der Waals surface area contributed by atoms with E-state index in [2.05, 4.69) is 25.4 Å². The Morgan fingerprint density at radius 1 is 1.22 bits per heavy atom. The normalized spacial score (nSPS) is 15.7. The monoisotopic (exact) mass is 321 g/mol. The second kappa shape index (κ2) is 8.08. The average Bonchev–Trinajstić information content (AvgIpc) is 2.72. The molecule has 0 radical (unpaired) electrons. The van der Waals surface area contributed by atoms with Crippen molar-refractivity contribution in [1.29, 1.82) is 0 Å². The molecule has 23 heavy (non-hydrogen) atoms. The first-order valence-electron chi connectivity index (χ1n) is 8.44. The molecule has 1 aromatic heterocycles. The molecular formula is C16H27N5O2. The largest absolute Gasteiger partial charge is 0.354 e. The fourth-order valence-corrected chi connectivity index (χ4v) is 2.89. The van der Waals surface area contributed by atoms with Gasteiger partial charge in [0.25, 0.3) is 0 Å². The zero-order valence-corrected chi connectivity index (χ0v) is 14.3. The van der Waals surface area contributed by atoms with Crippen LogP contribution in [0.4, 0.5) is 0 Å². The summed E-state index contributed by atoms with van der Waals surface area (Å²) in [4.78, 5) is 23.4. The Balaban J connectivity index is 1.88. The Morgan fingerprint density at radius 3 is 2.70 bits per heavy atom. The van der Waals surface area contributed by atoms with Gasteiger partial charge in [-0.25, -0.2) is 0 Å². The summed E-state index contributed by atoms with van der Waals surface area (Å²) in [6, 6.07) is -0.497. The van der Waals surface area contributed by atoms with Crippen molar-refractivity contribution in [3.05, 3.63) is 11.6 Å². The molecule has 2 amide bonds. The maximum Gasteiger partial charge on any atom is 0.242 e. The van der Waals surface area contributed by atoms with Gasteiger partial charge in [0.1, 0.15) is 17.7 Å². The molecular weight excluding hydrogens is 294 g/mol. The minimum absolute atomic E-state index is 0.0447. The van der Waals surface area contributed by atoms with Gasteiger partial charge < -0.3 is 15.2 Å². The Kier molecular flexibility index (Phi) is 6.12. The molecule has 7 heteroatoms. The lowest BCUT2D eigenvalue weighted by Crippen LogP contribution is -2.49. The summed E-state index contributed by atoms with van der Waals surface area (Å²) in [6.07, 6.45) is 5.19. The highest BCUT2D eigenvalue weighted by atomic mass is 16.2. The summed E-state index contributed by atoms with van der Waals surface area (Å²) in [7, 11) is 0. The molecule has 2 heterocycles. The molecule has 0 aromatic carbocycles.